The molecule has 0 aliphatic heterocycles. The molecular weight excluding hydrogens is 500 g/mol. The fourth-order valence-corrected chi connectivity index (χ4v) is 4.18. The van der Waals surface area contributed by atoms with Crippen LogP contribution in [0.3, 0.4) is 0 Å². The van der Waals surface area contributed by atoms with Crippen molar-refractivity contribution in [2.45, 2.75) is 27.2 Å². The van der Waals surface area contributed by atoms with E-state index in [0.29, 0.717) is 58.3 Å². The Labute approximate surface area is 227 Å². The minimum atomic E-state index is -0.113. The van der Waals surface area contributed by atoms with E-state index in [1.54, 1.807) is 12.4 Å². The van der Waals surface area contributed by atoms with Gasteiger partial charge in [0, 0.05) is 43.3 Å². The number of benzene rings is 1. The molecule has 0 aliphatic carbocycles. The Bertz CT molecular complexity index is 1310. The number of hydrogen-bond donors (Lipinski definition) is 2. The molecule has 1 aromatic carbocycles. The van der Waals surface area contributed by atoms with Crippen LogP contribution < -0.4 is 10.6 Å². The smallest absolute Gasteiger partial charge is 0.239 e. The molecule has 4 aromatic rings. The molecule has 0 radical (unpaired) electrons. The summed E-state index contributed by atoms with van der Waals surface area (Å²) in [5.74, 6) is 1.39. The maximum Gasteiger partial charge on any atom is 0.239 e. The number of hydrogen-bond acceptors (Lipinski definition) is 9. The van der Waals surface area contributed by atoms with E-state index in [4.69, 9.17) is 23.7 Å². The van der Waals surface area contributed by atoms with Crippen LogP contribution in [0.2, 0.25) is 0 Å². The zero-order valence-electron chi connectivity index (χ0n) is 22.7. The summed E-state index contributed by atoms with van der Waals surface area (Å²) in [5, 5.41) is 10.2. The highest BCUT2D eigenvalue weighted by Gasteiger charge is 2.17. The third-order valence-electron chi connectivity index (χ3n) is 6.06. The molecule has 11 heteroatoms. The summed E-state index contributed by atoms with van der Waals surface area (Å²) >= 11 is 0. The van der Waals surface area contributed by atoms with Crippen LogP contribution in [-0.2, 0) is 19.0 Å². The topological polar surface area (TPSA) is 125 Å². The first-order valence-corrected chi connectivity index (χ1v) is 13.2. The summed E-state index contributed by atoms with van der Waals surface area (Å²) < 4.78 is 23.4. The van der Waals surface area contributed by atoms with Crippen molar-refractivity contribution in [1.29, 1.82) is 0 Å². The predicted molar refractivity (Wildman–Crippen MR) is 148 cm³/mol. The van der Waals surface area contributed by atoms with Crippen LogP contribution in [0.4, 0.5) is 5.82 Å². The summed E-state index contributed by atoms with van der Waals surface area (Å²) in [7, 11) is 0. The second kappa shape index (κ2) is 14.4. The lowest BCUT2D eigenvalue weighted by Crippen LogP contribution is -2.31. The van der Waals surface area contributed by atoms with Gasteiger partial charge in [0.15, 0.2) is 5.65 Å². The molecule has 0 saturated carbocycles. The normalized spacial score (nSPS) is 11.3. The number of rotatable bonds is 16. The molecule has 11 nitrogen and oxygen atoms in total. The quantitative estimate of drug-likeness (QED) is 0.206. The van der Waals surface area contributed by atoms with Gasteiger partial charge in [0.05, 0.1) is 44.9 Å². The van der Waals surface area contributed by atoms with Crippen molar-refractivity contribution in [2.75, 3.05) is 58.0 Å². The van der Waals surface area contributed by atoms with E-state index < -0.39 is 0 Å². The maximum absolute atomic E-state index is 12.5. The summed E-state index contributed by atoms with van der Waals surface area (Å²) in [6.07, 6.45) is 5.92. The van der Waals surface area contributed by atoms with Crippen LogP contribution >= 0.6 is 0 Å². The van der Waals surface area contributed by atoms with Crippen LogP contribution in [-0.4, -0.2) is 78.2 Å². The van der Waals surface area contributed by atoms with Gasteiger partial charge in [0.2, 0.25) is 5.91 Å². The zero-order valence-corrected chi connectivity index (χ0v) is 22.7. The van der Waals surface area contributed by atoms with Gasteiger partial charge in [-0.1, -0.05) is 29.4 Å². The zero-order chi connectivity index (χ0) is 27.5. The largest absolute Gasteiger partial charge is 0.379 e. The number of carbonyl (C=O) groups excluding carboxylic acids is 1. The molecule has 0 fully saturated rings. The van der Waals surface area contributed by atoms with Gasteiger partial charge < -0.3 is 29.4 Å². The van der Waals surface area contributed by atoms with Gasteiger partial charge in [-0.3, -0.25) is 14.2 Å². The van der Waals surface area contributed by atoms with E-state index >= 15 is 0 Å². The molecule has 0 aliphatic rings. The Morgan fingerprint density at radius 2 is 1.72 bits per heavy atom. The average molecular weight is 537 g/mol. The number of anilines is 1. The molecular formula is C28H36N6O5. The summed E-state index contributed by atoms with van der Waals surface area (Å²) in [6.45, 7) is 9.88. The monoisotopic (exact) mass is 536 g/mol. The van der Waals surface area contributed by atoms with Crippen molar-refractivity contribution in [1.82, 2.24) is 24.8 Å². The van der Waals surface area contributed by atoms with Crippen LogP contribution in [0, 0.1) is 13.8 Å². The number of carbonyl (C=O) groups is 1. The van der Waals surface area contributed by atoms with Gasteiger partial charge in [0.1, 0.15) is 17.3 Å². The molecule has 3 heterocycles. The van der Waals surface area contributed by atoms with Gasteiger partial charge >= 0.3 is 0 Å². The minimum Gasteiger partial charge on any atom is -0.379 e. The van der Waals surface area contributed by atoms with E-state index in [0.717, 1.165) is 39.7 Å². The number of nitrogens with zero attached hydrogens (tertiary/aromatic N) is 4. The van der Waals surface area contributed by atoms with Crippen molar-refractivity contribution < 1.29 is 23.5 Å². The molecule has 0 atom stereocenters. The number of aryl methyl sites for hydroxylation is 2. The second-order valence-electron chi connectivity index (χ2n) is 8.87. The van der Waals surface area contributed by atoms with Gasteiger partial charge in [-0.15, -0.1) is 0 Å². The summed E-state index contributed by atoms with van der Waals surface area (Å²) in [4.78, 5) is 21.5. The fourth-order valence-electron chi connectivity index (χ4n) is 4.18. The van der Waals surface area contributed by atoms with Crippen molar-refractivity contribution >= 4 is 17.4 Å². The van der Waals surface area contributed by atoms with Gasteiger partial charge in [-0.05, 0) is 32.8 Å². The van der Waals surface area contributed by atoms with E-state index in [1.165, 1.54) is 0 Å². The lowest BCUT2D eigenvalue weighted by atomic mass is 10.0. The molecule has 0 saturated heterocycles. The first-order valence-electron chi connectivity index (χ1n) is 13.2. The van der Waals surface area contributed by atoms with Gasteiger partial charge in [-0.25, -0.2) is 4.98 Å². The Balaban J connectivity index is 1.29. The third kappa shape index (κ3) is 7.62. The highest BCUT2D eigenvalue weighted by atomic mass is 16.5. The molecule has 0 spiro atoms. The number of aromatic nitrogens is 4. The number of amides is 1. The number of imidazole rings is 1. The average Bonchev–Trinajstić information content (AvgIpc) is 3.49. The van der Waals surface area contributed by atoms with Crippen molar-refractivity contribution in [3.63, 3.8) is 0 Å². The highest BCUT2D eigenvalue weighted by molar-refractivity contribution is 5.84. The van der Waals surface area contributed by atoms with Crippen molar-refractivity contribution in [3.05, 3.63) is 54.3 Å². The van der Waals surface area contributed by atoms with E-state index in [2.05, 4.69) is 20.8 Å². The molecule has 4 rings (SSSR count). The predicted octanol–water partition coefficient (Wildman–Crippen LogP) is 3.66. The number of nitrogens with one attached hydrogen (secondary N) is 2. The van der Waals surface area contributed by atoms with E-state index in [1.807, 2.05) is 55.6 Å². The summed E-state index contributed by atoms with van der Waals surface area (Å²) in [5.41, 5.74) is 5.19. The van der Waals surface area contributed by atoms with Crippen molar-refractivity contribution in [3.8, 4) is 22.4 Å². The number of fused-ring (bicyclic) bond motifs is 1. The third-order valence-corrected chi connectivity index (χ3v) is 6.06. The first-order chi connectivity index (χ1) is 19.1. The Hall–Kier alpha value is -3.80. The lowest BCUT2D eigenvalue weighted by molar-refractivity contribution is -0.119. The van der Waals surface area contributed by atoms with Gasteiger partial charge in [0.25, 0.3) is 0 Å². The molecule has 0 bridgehead atoms. The Morgan fingerprint density at radius 1 is 1.00 bits per heavy atom. The molecule has 0 unspecified atom stereocenters. The highest BCUT2D eigenvalue weighted by Crippen LogP contribution is 2.32. The van der Waals surface area contributed by atoms with Crippen molar-refractivity contribution in [2.24, 2.45) is 0 Å². The van der Waals surface area contributed by atoms with Crippen LogP contribution in [0.1, 0.15) is 24.8 Å². The minimum absolute atomic E-state index is 0.106. The van der Waals surface area contributed by atoms with Crippen LogP contribution in [0.5, 0.6) is 0 Å². The second-order valence-corrected chi connectivity index (χ2v) is 8.87. The maximum atomic E-state index is 12.5. The lowest BCUT2D eigenvalue weighted by Gasteiger charge is -2.10. The van der Waals surface area contributed by atoms with Gasteiger partial charge in [-0.2, -0.15) is 0 Å². The molecule has 1 amide bonds. The Morgan fingerprint density at radius 3 is 2.44 bits per heavy atom. The molecule has 3 aromatic heterocycles. The van der Waals surface area contributed by atoms with Crippen LogP contribution in [0.15, 0.2) is 47.4 Å². The fraction of sp³-hybridized carbons (Fsp3) is 0.429. The summed E-state index contributed by atoms with van der Waals surface area (Å²) in [6, 6.07) is 8.06. The standard InChI is InChI=1S/C28H36N6O5/c1-4-36-14-15-38-17-16-37-13-5-10-30-25(35)19-31-28-27(32-24-18-29-11-12-34(24)28)23-8-6-22(7-9-23)26-20(2)33-39-21(26)3/h6-9,11-12,18,31H,4-5,10,13-17,19H2,1-3H3,(H,30,35). The van der Waals surface area contributed by atoms with Crippen LogP contribution in [0.25, 0.3) is 28.0 Å². The number of ether oxygens (including phenoxy) is 3. The SMILES string of the molecule is CCOCCOCCOCCCNC(=O)CNc1c(-c2ccc(-c3c(C)noc3C)cc2)nc2cnccn12. The molecule has 2 N–H and O–H groups in total. The first kappa shape index (κ1) is 28.2. The van der Waals surface area contributed by atoms with E-state index in [9.17, 15) is 4.79 Å². The Kier molecular flexibility index (Phi) is 10.4. The molecule has 39 heavy (non-hydrogen) atoms. The van der Waals surface area contributed by atoms with E-state index in [-0.39, 0.29) is 12.5 Å². The molecule has 208 valence electrons.